The van der Waals surface area contributed by atoms with E-state index in [1.165, 1.54) is 5.57 Å². The van der Waals surface area contributed by atoms with E-state index in [0.717, 1.165) is 38.5 Å². The SMILES string of the molecule is COC1C(OC(=O)N[C@@H](COC(=O)NCCCCCCNC(=O)CN)C(C)C)CC[C@]2(CO2)C1[C@]1(C)OC1CC=C(C)C. The van der Waals surface area contributed by atoms with Crippen LogP contribution in [0.15, 0.2) is 11.6 Å². The summed E-state index contributed by atoms with van der Waals surface area (Å²) in [5.74, 6) is -0.204. The van der Waals surface area contributed by atoms with E-state index in [1.807, 2.05) is 13.8 Å². The van der Waals surface area contributed by atoms with Gasteiger partial charge in [0.1, 0.15) is 30.0 Å². The number of rotatable bonds is 17. The summed E-state index contributed by atoms with van der Waals surface area (Å²) in [6.07, 6.45) is 6.09. The topological polar surface area (TPSA) is 166 Å². The molecule has 0 aromatic carbocycles. The molecule has 1 spiro atoms. The Labute approximate surface area is 256 Å². The Morgan fingerprint density at radius 1 is 1.07 bits per heavy atom. The van der Waals surface area contributed by atoms with Crippen molar-refractivity contribution in [2.45, 2.75) is 115 Å². The largest absolute Gasteiger partial charge is 0.447 e. The molecule has 2 saturated heterocycles. The third-order valence-corrected chi connectivity index (χ3v) is 8.88. The molecule has 0 bridgehead atoms. The van der Waals surface area contributed by atoms with Crippen molar-refractivity contribution < 1.29 is 38.1 Å². The van der Waals surface area contributed by atoms with Gasteiger partial charge >= 0.3 is 12.2 Å². The number of amides is 3. The van der Waals surface area contributed by atoms with Crippen molar-refractivity contribution >= 4 is 18.1 Å². The van der Waals surface area contributed by atoms with Gasteiger partial charge in [-0.25, -0.2) is 9.59 Å². The van der Waals surface area contributed by atoms with Crippen LogP contribution in [0.5, 0.6) is 0 Å². The molecule has 246 valence electrons. The summed E-state index contributed by atoms with van der Waals surface area (Å²) in [6.45, 7) is 11.9. The van der Waals surface area contributed by atoms with Crippen LogP contribution in [0.2, 0.25) is 0 Å². The third-order valence-electron chi connectivity index (χ3n) is 8.88. The highest BCUT2D eigenvalue weighted by molar-refractivity contribution is 5.77. The molecule has 7 atom stereocenters. The van der Waals surface area contributed by atoms with E-state index in [9.17, 15) is 14.4 Å². The van der Waals surface area contributed by atoms with Gasteiger partial charge in [0.2, 0.25) is 5.91 Å². The predicted molar refractivity (Wildman–Crippen MR) is 161 cm³/mol. The first kappa shape index (κ1) is 35.1. The van der Waals surface area contributed by atoms with E-state index < -0.39 is 29.9 Å². The number of hydrogen-bond donors (Lipinski definition) is 4. The second kappa shape index (κ2) is 16.1. The molecule has 2 aliphatic heterocycles. The Morgan fingerprint density at radius 2 is 1.74 bits per heavy atom. The maximum absolute atomic E-state index is 13.1. The Bertz CT molecular complexity index is 967. The molecule has 2 heterocycles. The van der Waals surface area contributed by atoms with Crippen molar-refractivity contribution in [1.82, 2.24) is 16.0 Å². The van der Waals surface area contributed by atoms with Crippen LogP contribution in [0.25, 0.3) is 0 Å². The van der Waals surface area contributed by atoms with Gasteiger partial charge in [0.25, 0.3) is 0 Å². The summed E-state index contributed by atoms with van der Waals surface area (Å²) in [4.78, 5) is 36.4. The van der Waals surface area contributed by atoms with E-state index >= 15 is 0 Å². The Balaban J connectivity index is 1.42. The highest BCUT2D eigenvalue weighted by Crippen LogP contribution is 2.59. The van der Waals surface area contributed by atoms with Crippen molar-refractivity contribution in [3.8, 4) is 0 Å². The van der Waals surface area contributed by atoms with Crippen LogP contribution in [0.3, 0.4) is 0 Å². The maximum atomic E-state index is 13.1. The standard InChI is InChI=1S/C31H54N4O8/c1-20(2)11-12-24-30(5,43-24)27-26(39-6)23(13-14-31(27)19-41-31)42-29(38)35-22(21(3)4)18-40-28(37)34-16-10-8-7-9-15-33-25(36)17-32/h11,21-24,26-27H,7-10,12-19,32H2,1-6H3,(H,33,36)(H,34,37)(H,35,38)/t22-,23?,24?,26?,27?,30+,31-/m0/s1. The zero-order valence-corrected chi connectivity index (χ0v) is 26.9. The fraction of sp³-hybridized carbons (Fsp3) is 0.839. The summed E-state index contributed by atoms with van der Waals surface area (Å²) >= 11 is 0. The van der Waals surface area contributed by atoms with Crippen LogP contribution in [0.1, 0.15) is 79.6 Å². The highest BCUT2D eigenvalue weighted by Gasteiger charge is 2.72. The minimum absolute atomic E-state index is 0.000886. The van der Waals surface area contributed by atoms with Crippen LogP contribution in [0, 0.1) is 11.8 Å². The van der Waals surface area contributed by atoms with E-state index in [1.54, 1.807) is 7.11 Å². The number of carbonyl (C=O) groups excluding carboxylic acids is 3. The first-order valence-corrected chi connectivity index (χ1v) is 15.8. The Hall–Kier alpha value is -2.41. The van der Waals surface area contributed by atoms with Gasteiger partial charge in [-0.1, -0.05) is 38.3 Å². The molecule has 3 rings (SSSR count). The van der Waals surface area contributed by atoms with Crippen LogP contribution in [-0.4, -0.2) is 93.6 Å². The number of nitrogens with one attached hydrogen (secondary N) is 3. The zero-order valence-electron chi connectivity index (χ0n) is 26.9. The minimum Gasteiger partial charge on any atom is -0.447 e. The molecule has 4 unspecified atom stereocenters. The van der Waals surface area contributed by atoms with E-state index in [2.05, 4.69) is 42.8 Å². The molecular weight excluding hydrogens is 556 g/mol. The third kappa shape index (κ3) is 10.1. The fourth-order valence-corrected chi connectivity index (χ4v) is 6.10. The quantitative estimate of drug-likeness (QED) is 0.110. The van der Waals surface area contributed by atoms with Gasteiger partial charge in [0, 0.05) is 20.2 Å². The molecule has 12 heteroatoms. The maximum Gasteiger partial charge on any atom is 0.407 e. The number of carbonyl (C=O) groups is 3. The number of methoxy groups -OCH3 is 1. The van der Waals surface area contributed by atoms with Gasteiger partial charge in [0.15, 0.2) is 0 Å². The molecule has 3 fully saturated rings. The lowest BCUT2D eigenvalue weighted by Crippen LogP contribution is -2.56. The number of allylic oxidation sites excluding steroid dienone is 1. The summed E-state index contributed by atoms with van der Waals surface area (Å²) in [5, 5.41) is 8.37. The lowest BCUT2D eigenvalue weighted by molar-refractivity contribution is -0.119. The Kier molecular flexibility index (Phi) is 13.1. The van der Waals surface area contributed by atoms with Crippen LogP contribution >= 0.6 is 0 Å². The fourth-order valence-electron chi connectivity index (χ4n) is 6.10. The monoisotopic (exact) mass is 610 g/mol. The number of ether oxygens (including phenoxy) is 5. The van der Waals surface area contributed by atoms with Crippen molar-refractivity contribution in [2.24, 2.45) is 17.6 Å². The van der Waals surface area contributed by atoms with Gasteiger partial charge in [-0.3, -0.25) is 4.79 Å². The molecule has 12 nitrogen and oxygen atoms in total. The molecule has 1 aliphatic carbocycles. The van der Waals surface area contributed by atoms with Crippen molar-refractivity contribution in [2.75, 3.05) is 40.0 Å². The Morgan fingerprint density at radius 3 is 2.33 bits per heavy atom. The summed E-state index contributed by atoms with van der Waals surface area (Å²) in [7, 11) is 1.65. The number of nitrogens with two attached hydrogens (primary N) is 1. The molecule has 0 aromatic rings. The smallest absolute Gasteiger partial charge is 0.407 e. The first-order valence-electron chi connectivity index (χ1n) is 15.8. The van der Waals surface area contributed by atoms with Crippen molar-refractivity contribution in [3.05, 3.63) is 11.6 Å². The molecule has 3 amide bonds. The second-order valence-corrected chi connectivity index (χ2v) is 12.8. The molecule has 1 saturated carbocycles. The second-order valence-electron chi connectivity index (χ2n) is 12.8. The first-order chi connectivity index (χ1) is 20.5. The van der Waals surface area contributed by atoms with Gasteiger partial charge in [-0.2, -0.15) is 0 Å². The van der Waals surface area contributed by atoms with E-state index in [4.69, 9.17) is 29.4 Å². The lowest BCUT2D eigenvalue weighted by atomic mass is 9.68. The number of hydrogen-bond acceptors (Lipinski definition) is 9. The van der Waals surface area contributed by atoms with Crippen LogP contribution in [0.4, 0.5) is 9.59 Å². The van der Waals surface area contributed by atoms with Gasteiger partial charge < -0.3 is 45.4 Å². The average molecular weight is 611 g/mol. The van der Waals surface area contributed by atoms with E-state index in [0.29, 0.717) is 26.1 Å². The lowest BCUT2D eigenvalue weighted by Gasteiger charge is -2.42. The summed E-state index contributed by atoms with van der Waals surface area (Å²) in [5.41, 5.74) is 5.80. The number of unbranched alkanes of at least 4 members (excludes halogenated alkanes) is 3. The molecule has 3 aliphatic rings. The predicted octanol–water partition coefficient (Wildman–Crippen LogP) is 3.18. The van der Waals surface area contributed by atoms with Crippen LogP contribution < -0.4 is 21.7 Å². The number of epoxide rings is 2. The van der Waals surface area contributed by atoms with Crippen molar-refractivity contribution in [3.63, 3.8) is 0 Å². The summed E-state index contributed by atoms with van der Waals surface area (Å²) < 4.78 is 29.5. The van der Waals surface area contributed by atoms with Gasteiger partial charge in [-0.05, 0) is 58.8 Å². The van der Waals surface area contributed by atoms with Crippen molar-refractivity contribution in [1.29, 1.82) is 0 Å². The number of alkyl carbamates (subject to hydrolysis) is 2. The van der Waals surface area contributed by atoms with E-state index in [-0.39, 0.29) is 48.7 Å². The average Bonchev–Trinajstić information content (AvgIpc) is 3.88. The molecule has 5 N–H and O–H groups in total. The molecule has 0 radical (unpaired) electrons. The normalized spacial score (nSPS) is 29.9. The molecular formula is C31H54N4O8. The van der Waals surface area contributed by atoms with Gasteiger partial charge in [-0.15, -0.1) is 0 Å². The molecule has 0 aromatic heterocycles. The highest BCUT2D eigenvalue weighted by atomic mass is 16.6. The van der Waals surface area contributed by atoms with Crippen LogP contribution in [-0.2, 0) is 28.5 Å². The minimum atomic E-state index is -0.563. The molecule has 43 heavy (non-hydrogen) atoms. The zero-order chi connectivity index (χ0) is 31.6. The van der Waals surface area contributed by atoms with Gasteiger partial charge in [0.05, 0.1) is 31.2 Å². The summed E-state index contributed by atoms with van der Waals surface area (Å²) in [6, 6.07) is -0.418.